The normalized spacial score (nSPS) is 11.3. The number of anilines is 1. The summed E-state index contributed by atoms with van der Waals surface area (Å²) in [7, 11) is -3.29. The van der Waals surface area contributed by atoms with Gasteiger partial charge in [0.1, 0.15) is 10.6 Å². The van der Waals surface area contributed by atoms with Gasteiger partial charge in [0.05, 0.1) is 13.2 Å². The van der Waals surface area contributed by atoms with E-state index >= 15 is 0 Å². The van der Waals surface area contributed by atoms with Crippen LogP contribution < -0.4 is 24.2 Å². The Labute approximate surface area is 164 Å². The molecule has 29 heavy (non-hydrogen) atoms. The molecule has 1 aromatic heterocycles. The maximum Gasteiger partial charge on any atom is 0.387 e. The number of para-hydroxylation sites is 1. The number of nitrogens with one attached hydrogen (secondary N) is 2. The molecule has 0 aliphatic heterocycles. The maximum absolute atomic E-state index is 12.5. The number of methoxy groups -OCH3 is 1. The highest BCUT2D eigenvalue weighted by atomic mass is 32.2. The number of halogens is 2. The van der Waals surface area contributed by atoms with Crippen molar-refractivity contribution in [2.75, 3.05) is 12.4 Å². The van der Waals surface area contributed by atoms with Crippen LogP contribution in [0.3, 0.4) is 0 Å². The summed E-state index contributed by atoms with van der Waals surface area (Å²) in [5.41, 5.74) is 0. The molecule has 1 aromatic carbocycles. The van der Waals surface area contributed by atoms with Crippen molar-refractivity contribution >= 4 is 22.0 Å². The molecule has 158 valence electrons. The van der Waals surface area contributed by atoms with Crippen LogP contribution in [-0.2, 0) is 10.0 Å². The van der Waals surface area contributed by atoms with Crippen molar-refractivity contribution < 1.29 is 36.2 Å². The third-order valence-corrected chi connectivity index (χ3v) is 4.30. The lowest BCUT2D eigenvalue weighted by Gasteiger charge is -2.13. The molecule has 0 aliphatic carbocycles. The minimum atomic E-state index is -4.55. The molecule has 0 fully saturated rings. The molecule has 11 nitrogen and oxygen atoms in total. The lowest BCUT2D eigenvalue weighted by atomic mass is 10.3. The first kappa shape index (κ1) is 22.0. The van der Waals surface area contributed by atoms with Crippen molar-refractivity contribution in [3.8, 4) is 17.8 Å². The summed E-state index contributed by atoms with van der Waals surface area (Å²) in [6.45, 7) is 0.167. The number of nitrogens with zero attached hydrogens (tertiary/aromatic N) is 3. The number of urea groups is 1. The fraction of sp³-hybridized carbons (Fsp3) is 0.333. The summed E-state index contributed by atoms with van der Waals surface area (Å²) < 4.78 is 65.6. The molecule has 0 spiro atoms. The van der Waals surface area contributed by atoms with Gasteiger partial charge in [0, 0.05) is 0 Å². The summed E-state index contributed by atoms with van der Waals surface area (Å²) in [6.07, 6.45) is -0.296. The molecule has 0 atom stereocenters. The predicted octanol–water partition coefficient (Wildman–Crippen LogP) is 1.78. The number of hydrogen-bond acceptors (Lipinski definition) is 9. The van der Waals surface area contributed by atoms with Gasteiger partial charge in [-0.25, -0.2) is 17.9 Å². The molecule has 2 N–H and O–H groups in total. The zero-order valence-corrected chi connectivity index (χ0v) is 16.2. The van der Waals surface area contributed by atoms with Crippen molar-refractivity contribution in [3.05, 3.63) is 24.3 Å². The largest absolute Gasteiger partial charge is 0.467 e. The first-order valence-corrected chi connectivity index (χ1v) is 9.43. The number of benzene rings is 1. The van der Waals surface area contributed by atoms with Gasteiger partial charge in [-0.15, -0.1) is 4.98 Å². The molecule has 1 heterocycles. The molecule has 0 bridgehead atoms. The predicted molar refractivity (Wildman–Crippen MR) is 94.6 cm³/mol. The highest BCUT2D eigenvalue weighted by molar-refractivity contribution is 7.90. The summed E-state index contributed by atoms with van der Waals surface area (Å²) >= 11 is 0. The first-order valence-electron chi connectivity index (χ1n) is 7.95. The van der Waals surface area contributed by atoms with Crippen LogP contribution in [-0.4, -0.2) is 49.2 Å². The van der Waals surface area contributed by atoms with Crippen LogP contribution in [0.25, 0.3) is 0 Å². The zero-order valence-electron chi connectivity index (χ0n) is 15.4. The Morgan fingerprint density at radius 2 is 1.72 bits per heavy atom. The van der Waals surface area contributed by atoms with Crippen LogP contribution in [0.5, 0.6) is 17.8 Å². The van der Waals surface area contributed by atoms with E-state index in [-0.39, 0.29) is 24.1 Å². The van der Waals surface area contributed by atoms with Gasteiger partial charge in [-0.1, -0.05) is 12.1 Å². The second kappa shape index (κ2) is 9.27. The Morgan fingerprint density at radius 3 is 2.34 bits per heavy atom. The SMILES string of the molecule is COc1nc(NC(=O)NS(=O)(=O)c2ccccc2OC(F)F)nc(OC(C)C)n1. The van der Waals surface area contributed by atoms with Crippen molar-refractivity contribution in [3.63, 3.8) is 0 Å². The van der Waals surface area contributed by atoms with E-state index in [4.69, 9.17) is 9.47 Å². The van der Waals surface area contributed by atoms with Crippen LogP contribution >= 0.6 is 0 Å². The Kier molecular flexibility index (Phi) is 7.03. The highest BCUT2D eigenvalue weighted by Crippen LogP contribution is 2.24. The third kappa shape index (κ3) is 6.38. The van der Waals surface area contributed by atoms with E-state index in [2.05, 4.69) is 25.0 Å². The monoisotopic (exact) mass is 433 g/mol. The van der Waals surface area contributed by atoms with Crippen molar-refractivity contribution in [2.24, 2.45) is 0 Å². The van der Waals surface area contributed by atoms with Crippen LogP contribution in [0.1, 0.15) is 13.8 Å². The molecule has 0 saturated heterocycles. The molecular weight excluding hydrogens is 416 g/mol. The number of hydrogen-bond donors (Lipinski definition) is 2. The van der Waals surface area contributed by atoms with E-state index in [1.54, 1.807) is 18.6 Å². The average Bonchev–Trinajstić information content (AvgIpc) is 2.60. The van der Waals surface area contributed by atoms with E-state index in [9.17, 15) is 22.0 Å². The lowest BCUT2D eigenvalue weighted by Crippen LogP contribution is -2.35. The van der Waals surface area contributed by atoms with Crippen molar-refractivity contribution in [1.29, 1.82) is 0 Å². The Bertz CT molecular complexity index is 973. The van der Waals surface area contributed by atoms with Gasteiger partial charge in [-0.2, -0.15) is 18.7 Å². The topological polar surface area (TPSA) is 142 Å². The number of sulfonamides is 1. The van der Waals surface area contributed by atoms with Gasteiger partial charge in [0.2, 0.25) is 5.95 Å². The summed E-state index contributed by atoms with van der Waals surface area (Å²) in [6, 6.07) is 2.96. The van der Waals surface area contributed by atoms with E-state index in [1.165, 1.54) is 19.2 Å². The molecule has 2 amide bonds. The van der Waals surface area contributed by atoms with E-state index in [0.29, 0.717) is 0 Å². The fourth-order valence-corrected chi connectivity index (χ4v) is 2.96. The number of carbonyl (C=O) groups is 1. The third-order valence-electron chi connectivity index (χ3n) is 2.93. The van der Waals surface area contributed by atoms with Crippen molar-refractivity contribution in [2.45, 2.75) is 31.5 Å². The smallest absolute Gasteiger partial charge is 0.387 e. The lowest BCUT2D eigenvalue weighted by molar-refractivity contribution is -0.0517. The molecule has 0 unspecified atom stereocenters. The van der Waals surface area contributed by atoms with Crippen LogP contribution in [0, 0.1) is 0 Å². The summed E-state index contributed by atoms with van der Waals surface area (Å²) in [4.78, 5) is 22.8. The van der Waals surface area contributed by atoms with E-state index in [1.807, 2.05) is 0 Å². The van der Waals surface area contributed by atoms with Crippen LogP contribution in [0.15, 0.2) is 29.2 Å². The average molecular weight is 433 g/mol. The highest BCUT2D eigenvalue weighted by Gasteiger charge is 2.24. The number of amides is 2. The molecular formula is C15H17F2N5O6S. The molecule has 0 saturated carbocycles. The van der Waals surface area contributed by atoms with Gasteiger partial charge in [-0.05, 0) is 26.0 Å². The molecule has 14 heteroatoms. The fourth-order valence-electron chi connectivity index (χ4n) is 1.92. The zero-order chi connectivity index (χ0) is 21.6. The quantitative estimate of drug-likeness (QED) is 0.637. The minimum absolute atomic E-state index is 0.166. The molecule has 0 radical (unpaired) electrons. The first-order chi connectivity index (χ1) is 13.6. The molecule has 2 aromatic rings. The second-order valence-corrected chi connectivity index (χ2v) is 7.13. The Morgan fingerprint density at radius 1 is 1.07 bits per heavy atom. The van der Waals surface area contributed by atoms with E-state index < -0.39 is 33.3 Å². The Hall–Kier alpha value is -3.29. The van der Waals surface area contributed by atoms with Crippen LogP contribution in [0.4, 0.5) is 19.5 Å². The number of carbonyl (C=O) groups excluding carboxylic acids is 1. The van der Waals surface area contributed by atoms with Crippen LogP contribution in [0.2, 0.25) is 0 Å². The second-order valence-electron chi connectivity index (χ2n) is 5.48. The summed E-state index contributed by atoms with van der Waals surface area (Å²) in [5.74, 6) is -0.991. The van der Waals surface area contributed by atoms with Gasteiger partial charge in [0.25, 0.3) is 10.0 Å². The van der Waals surface area contributed by atoms with E-state index in [0.717, 1.165) is 12.1 Å². The minimum Gasteiger partial charge on any atom is -0.467 e. The number of rotatable bonds is 8. The number of ether oxygens (including phenoxy) is 3. The standard InChI is InChI=1S/C15H17F2N5O6S/c1-8(2)27-15-20-12(19-14(21-15)26-3)18-13(23)22-29(24,25)10-7-5-4-6-9(10)28-11(16)17/h4-8,11H,1-3H3,(H2,18,19,20,21,22,23). The maximum atomic E-state index is 12.5. The van der Waals surface area contributed by atoms with Gasteiger partial charge >= 0.3 is 24.7 Å². The van der Waals surface area contributed by atoms with Gasteiger partial charge in [-0.3, -0.25) is 5.32 Å². The van der Waals surface area contributed by atoms with Crippen molar-refractivity contribution in [1.82, 2.24) is 19.7 Å². The number of aromatic nitrogens is 3. The Balaban J connectivity index is 2.20. The van der Waals surface area contributed by atoms with Gasteiger partial charge in [0.15, 0.2) is 0 Å². The van der Waals surface area contributed by atoms with Gasteiger partial charge < -0.3 is 14.2 Å². The summed E-state index contributed by atoms with van der Waals surface area (Å²) in [5, 5.41) is 2.08. The number of alkyl halides is 2. The molecule has 2 rings (SSSR count). The molecule has 0 aliphatic rings.